The first-order valence-electron chi connectivity index (χ1n) is 6.55. The summed E-state index contributed by atoms with van der Waals surface area (Å²) in [5.41, 5.74) is 9.37. The van der Waals surface area contributed by atoms with Crippen LogP contribution >= 0.6 is 0 Å². The fraction of sp³-hybridized carbons (Fsp3) is 0.467. The third-order valence-electron chi connectivity index (χ3n) is 3.25. The highest BCUT2D eigenvalue weighted by Crippen LogP contribution is 2.27. The van der Waals surface area contributed by atoms with Gasteiger partial charge in [0.1, 0.15) is 5.69 Å². The highest BCUT2D eigenvalue weighted by Gasteiger charge is 2.32. The van der Waals surface area contributed by atoms with Crippen LogP contribution in [-0.2, 0) is 0 Å². The molecule has 5 nitrogen and oxygen atoms in total. The van der Waals surface area contributed by atoms with E-state index in [1.807, 2.05) is 13.0 Å². The molecule has 2 N–H and O–H groups in total. The number of hydrogen-bond donors (Lipinski definition) is 2. The molecule has 2 rings (SSSR count). The fourth-order valence-electron chi connectivity index (χ4n) is 2.47. The molecule has 1 aliphatic heterocycles. The molecule has 5 heteroatoms. The summed E-state index contributed by atoms with van der Waals surface area (Å²) in [5, 5.41) is 10.6. The van der Waals surface area contributed by atoms with Crippen molar-refractivity contribution in [2.45, 2.75) is 20.8 Å². The van der Waals surface area contributed by atoms with Crippen molar-refractivity contribution in [1.82, 2.24) is 9.88 Å². The van der Waals surface area contributed by atoms with E-state index < -0.39 is 0 Å². The van der Waals surface area contributed by atoms with E-state index in [9.17, 15) is 0 Å². The normalized spacial score (nSPS) is 16.8. The van der Waals surface area contributed by atoms with Gasteiger partial charge in [0, 0.05) is 24.8 Å². The summed E-state index contributed by atoms with van der Waals surface area (Å²) in [6.45, 7) is 9.35. The quantitative estimate of drug-likeness (QED) is 0.374. The van der Waals surface area contributed by atoms with Crippen LogP contribution in [0.3, 0.4) is 0 Å². The minimum atomic E-state index is -0.121. The second-order valence-corrected chi connectivity index (χ2v) is 5.96. The Morgan fingerprint density at radius 1 is 1.50 bits per heavy atom. The summed E-state index contributed by atoms with van der Waals surface area (Å²) in [7, 11) is 0. The number of pyridine rings is 1. The van der Waals surface area contributed by atoms with Crippen molar-refractivity contribution in [2.75, 3.05) is 19.6 Å². The number of aryl methyl sites for hydroxylation is 1. The lowest BCUT2D eigenvalue weighted by Crippen LogP contribution is -2.52. The van der Waals surface area contributed by atoms with Crippen molar-refractivity contribution in [3.05, 3.63) is 29.1 Å². The molecule has 0 aromatic carbocycles. The summed E-state index contributed by atoms with van der Waals surface area (Å²) < 4.78 is 0. The van der Waals surface area contributed by atoms with Gasteiger partial charge in [0.15, 0.2) is 5.84 Å². The van der Waals surface area contributed by atoms with Gasteiger partial charge in [0.2, 0.25) is 0 Å². The predicted molar refractivity (Wildman–Crippen MR) is 78.0 cm³/mol. The van der Waals surface area contributed by atoms with Gasteiger partial charge < -0.3 is 0 Å². The number of nitrogens with one attached hydrogen (secondary N) is 2. The molecule has 104 valence electrons. The van der Waals surface area contributed by atoms with Gasteiger partial charge in [-0.2, -0.15) is 0 Å². The lowest BCUT2D eigenvalue weighted by atomic mass is 9.84. The van der Waals surface area contributed by atoms with Gasteiger partial charge in [-0.1, -0.05) is 25.7 Å². The predicted octanol–water partition coefficient (Wildman–Crippen LogP) is 2.44. The molecule has 1 saturated heterocycles. The van der Waals surface area contributed by atoms with E-state index in [0.29, 0.717) is 11.1 Å². The maximum atomic E-state index is 7.49. The average Bonchev–Trinajstić information content (AvgIpc) is 2.36. The monoisotopic (exact) mass is 269 g/mol. The number of rotatable bonds is 2. The second kappa shape index (κ2) is 5.51. The molecular formula is C15H19N5. The summed E-state index contributed by atoms with van der Waals surface area (Å²) in [6, 6.07) is 1.88. The van der Waals surface area contributed by atoms with E-state index in [-0.39, 0.29) is 5.84 Å². The van der Waals surface area contributed by atoms with Gasteiger partial charge in [-0.05, 0) is 24.0 Å². The Morgan fingerprint density at radius 3 is 2.75 bits per heavy atom. The van der Waals surface area contributed by atoms with E-state index in [1.165, 1.54) is 0 Å². The standard InChI is InChI=1S/C15H19N5/c1-11-7-12(8-18-13(11)14(16)19-17)5-4-6-20-9-15(2,3)10-20/h7-8,16-17H,6,9-10H2,1-3H3. The molecule has 0 unspecified atom stereocenters. The van der Waals surface area contributed by atoms with E-state index in [2.05, 4.69) is 40.7 Å². The molecule has 1 aromatic rings. The fourth-order valence-corrected chi connectivity index (χ4v) is 2.47. The van der Waals surface area contributed by atoms with Crippen molar-refractivity contribution >= 4 is 5.84 Å². The maximum absolute atomic E-state index is 7.49. The molecule has 0 bridgehead atoms. The van der Waals surface area contributed by atoms with Crippen molar-refractivity contribution < 1.29 is 0 Å². The molecule has 0 amide bonds. The molecule has 1 aromatic heterocycles. The zero-order chi connectivity index (χ0) is 14.8. The summed E-state index contributed by atoms with van der Waals surface area (Å²) in [5.74, 6) is 6.13. The maximum Gasteiger partial charge on any atom is 0.192 e. The van der Waals surface area contributed by atoms with Gasteiger partial charge in [-0.15, -0.1) is 5.11 Å². The van der Waals surface area contributed by atoms with Crippen LogP contribution in [0.4, 0.5) is 0 Å². The number of likely N-dealkylation sites (tertiary alicyclic amines) is 1. The Hall–Kier alpha value is -2.06. The minimum Gasteiger partial charge on any atom is -0.291 e. The Balaban J connectivity index is 1.99. The van der Waals surface area contributed by atoms with Gasteiger partial charge in [-0.3, -0.25) is 15.3 Å². The Kier molecular flexibility index (Phi) is 3.96. The second-order valence-electron chi connectivity index (χ2n) is 5.96. The van der Waals surface area contributed by atoms with Gasteiger partial charge in [0.25, 0.3) is 0 Å². The summed E-state index contributed by atoms with van der Waals surface area (Å²) in [4.78, 5) is 6.47. The van der Waals surface area contributed by atoms with Gasteiger partial charge in [0.05, 0.1) is 6.54 Å². The smallest absolute Gasteiger partial charge is 0.192 e. The largest absolute Gasteiger partial charge is 0.291 e. The van der Waals surface area contributed by atoms with Crippen LogP contribution in [0.25, 0.3) is 0 Å². The molecule has 20 heavy (non-hydrogen) atoms. The Bertz CT molecular complexity index is 598. The summed E-state index contributed by atoms with van der Waals surface area (Å²) >= 11 is 0. The van der Waals surface area contributed by atoms with Crippen LogP contribution in [0.15, 0.2) is 17.4 Å². The van der Waals surface area contributed by atoms with Crippen molar-refractivity contribution in [1.29, 1.82) is 10.9 Å². The first-order chi connectivity index (χ1) is 9.41. The first kappa shape index (κ1) is 14.4. The number of hydrogen-bond acceptors (Lipinski definition) is 4. The third-order valence-corrected chi connectivity index (χ3v) is 3.25. The number of nitrogens with zero attached hydrogens (tertiary/aromatic N) is 3. The van der Waals surface area contributed by atoms with Gasteiger partial charge >= 0.3 is 0 Å². The van der Waals surface area contributed by atoms with E-state index >= 15 is 0 Å². The lowest BCUT2D eigenvalue weighted by Gasteiger charge is -2.44. The molecule has 0 spiro atoms. The zero-order valence-electron chi connectivity index (χ0n) is 12.1. The van der Waals surface area contributed by atoms with E-state index in [0.717, 1.165) is 30.8 Å². The molecule has 0 aliphatic carbocycles. The van der Waals surface area contributed by atoms with Crippen LogP contribution in [0.1, 0.15) is 30.7 Å². The molecule has 0 saturated carbocycles. The van der Waals surface area contributed by atoms with Crippen LogP contribution in [0.2, 0.25) is 0 Å². The van der Waals surface area contributed by atoms with E-state index in [4.69, 9.17) is 10.9 Å². The lowest BCUT2D eigenvalue weighted by molar-refractivity contribution is 0.0443. The summed E-state index contributed by atoms with van der Waals surface area (Å²) in [6.07, 6.45) is 1.63. The molecule has 0 atom stereocenters. The highest BCUT2D eigenvalue weighted by atomic mass is 15.2. The van der Waals surface area contributed by atoms with Crippen molar-refractivity contribution in [2.24, 2.45) is 10.5 Å². The molecule has 1 aliphatic rings. The topological polar surface area (TPSA) is 76.2 Å². The van der Waals surface area contributed by atoms with E-state index in [1.54, 1.807) is 6.20 Å². The van der Waals surface area contributed by atoms with Crippen LogP contribution in [-0.4, -0.2) is 35.4 Å². The number of aromatic nitrogens is 1. The van der Waals surface area contributed by atoms with Crippen LogP contribution in [0.5, 0.6) is 0 Å². The SMILES string of the molecule is Cc1cc(C#CCN2CC(C)(C)C2)cnc1C(=N)N=N. The molecule has 1 fully saturated rings. The first-order valence-corrected chi connectivity index (χ1v) is 6.55. The van der Waals surface area contributed by atoms with Crippen LogP contribution in [0, 0.1) is 35.1 Å². The zero-order valence-corrected chi connectivity index (χ0v) is 12.1. The molecular weight excluding hydrogens is 250 g/mol. The minimum absolute atomic E-state index is 0.121. The Labute approximate surface area is 119 Å². The van der Waals surface area contributed by atoms with Crippen LogP contribution < -0.4 is 0 Å². The van der Waals surface area contributed by atoms with Crippen molar-refractivity contribution in [3.63, 3.8) is 0 Å². The van der Waals surface area contributed by atoms with Gasteiger partial charge in [-0.25, -0.2) is 5.53 Å². The molecule has 0 radical (unpaired) electrons. The third kappa shape index (κ3) is 3.28. The van der Waals surface area contributed by atoms with Crippen molar-refractivity contribution in [3.8, 4) is 11.8 Å². The highest BCUT2D eigenvalue weighted by molar-refractivity contribution is 5.95. The number of amidine groups is 1. The Morgan fingerprint density at radius 2 is 2.20 bits per heavy atom. The molecule has 2 heterocycles. The average molecular weight is 269 g/mol.